The van der Waals surface area contributed by atoms with Gasteiger partial charge in [0.1, 0.15) is 0 Å². The molecule has 5 heteroatoms. The topological polar surface area (TPSA) is 92.4 Å². The predicted octanol–water partition coefficient (Wildman–Crippen LogP) is 1.94. The van der Waals surface area contributed by atoms with E-state index in [-0.39, 0.29) is 30.2 Å². The molecule has 0 bridgehead atoms. The Morgan fingerprint density at radius 3 is 2.43 bits per heavy atom. The molecule has 3 atom stereocenters. The smallest absolute Gasteiger partial charge is 0.303 e. The van der Waals surface area contributed by atoms with Crippen LogP contribution in [0.1, 0.15) is 38.3 Å². The van der Waals surface area contributed by atoms with E-state index in [0.717, 1.165) is 5.56 Å². The standard InChI is InChI=1S/C16H24N2O3/c1-11(8-9-14(19)20)10-18-16(21)12(2)15(17)13-6-4-3-5-7-13/h3-7,11-12,15H,8-10,17H2,1-2H3,(H,18,21)(H,19,20). The maximum atomic E-state index is 12.1. The van der Waals surface area contributed by atoms with Crippen molar-refractivity contribution in [1.29, 1.82) is 0 Å². The Bertz CT molecular complexity index is 462. The maximum Gasteiger partial charge on any atom is 0.303 e. The maximum absolute atomic E-state index is 12.1. The lowest BCUT2D eigenvalue weighted by molar-refractivity contribution is -0.137. The number of benzene rings is 1. The molecule has 1 aromatic rings. The fourth-order valence-corrected chi connectivity index (χ4v) is 2.03. The Kier molecular flexibility index (Phi) is 6.88. The van der Waals surface area contributed by atoms with Gasteiger partial charge in [-0.1, -0.05) is 44.2 Å². The number of carboxylic acids is 1. The summed E-state index contributed by atoms with van der Waals surface area (Å²) in [4.78, 5) is 22.6. The lowest BCUT2D eigenvalue weighted by atomic mass is 9.94. The van der Waals surface area contributed by atoms with Gasteiger partial charge in [-0.05, 0) is 17.9 Å². The highest BCUT2D eigenvalue weighted by Crippen LogP contribution is 2.19. The first-order valence-electron chi connectivity index (χ1n) is 7.21. The minimum atomic E-state index is -0.812. The average molecular weight is 292 g/mol. The largest absolute Gasteiger partial charge is 0.481 e. The number of nitrogens with one attached hydrogen (secondary N) is 1. The summed E-state index contributed by atoms with van der Waals surface area (Å²) in [6.45, 7) is 4.19. The molecule has 0 radical (unpaired) electrons. The molecular formula is C16H24N2O3. The van der Waals surface area contributed by atoms with Crippen LogP contribution in [0.4, 0.5) is 0 Å². The summed E-state index contributed by atoms with van der Waals surface area (Å²) in [6, 6.07) is 9.17. The van der Waals surface area contributed by atoms with Gasteiger partial charge in [0.2, 0.25) is 5.91 Å². The molecule has 116 valence electrons. The first kappa shape index (κ1) is 17.2. The van der Waals surface area contributed by atoms with Crippen LogP contribution in [0.3, 0.4) is 0 Å². The summed E-state index contributed by atoms with van der Waals surface area (Å²) >= 11 is 0. The van der Waals surface area contributed by atoms with Crippen molar-refractivity contribution in [2.75, 3.05) is 6.54 Å². The molecule has 21 heavy (non-hydrogen) atoms. The molecule has 1 rings (SSSR count). The van der Waals surface area contributed by atoms with Crippen molar-refractivity contribution >= 4 is 11.9 Å². The summed E-state index contributed by atoms with van der Waals surface area (Å²) in [5, 5.41) is 11.5. The van der Waals surface area contributed by atoms with Gasteiger partial charge >= 0.3 is 5.97 Å². The van der Waals surface area contributed by atoms with Crippen LogP contribution in [0, 0.1) is 11.8 Å². The third kappa shape index (κ3) is 5.95. The number of nitrogens with two attached hydrogens (primary N) is 1. The second-order valence-corrected chi connectivity index (χ2v) is 5.51. The second kappa shape index (κ2) is 8.42. The normalized spacial score (nSPS) is 15.0. The summed E-state index contributed by atoms with van der Waals surface area (Å²) in [6.07, 6.45) is 0.671. The number of carbonyl (C=O) groups is 2. The summed E-state index contributed by atoms with van der Waals surface area (Å²) < 4.78 is 0. The van der Waals surface area contributed by atoms with Gasteiger partial charge < -0.3 is 16.2 Å². The van der Waals surface area contributed by atoms with Crippen molar-refractivity contribution in [3.8, 4) is 0 Å². The number of hydrogen-bond acceptors (Lipinski definition) is 3. The van der Waals surface area contributed by atoms with Crippen molar-refractivity contribution in [2.45, 2.75) is 32.7 Å². The molecule has 0 aliphatic carbocycles. The summed E-state index contributed by atoms with van der Waals surface area (Å²) in [5.41, 5.74) is 7.04. The second-order valence-electron chi connectivity index (χ2n) is 5.51. The molecule has 0 fully saturated rings. The Hall–Kier alpha value is -1.88. The zero-order valence-electron chi connectivity index (χ0n) is 12.6. The van der Waals surface area contributed by atoms with Gasteiger partial charge in [-0.15, -0.1) is 0 Å². The van der Waals surface area contributed by atoms with Crippen LogP contribution in [0.2, 0.25) is 0 Å². The Morgan fingerprint density at radius 1 is 1.24 bits per heavy atom. The molecular weight excluding hydrogens is 268 g/mol. The number of amides is 1. The van der Waals surface area contributed by atoms with E-state index in [1.807, 2.05) is 37.3 Å². The van der Waals surface area contributed by atoms with Crippen LogP contribution in [-0.4, -0.2) is 23.5 Å². The molecule has 0 spiro atoms. The fraction of sp³-hybridized carbons (Fsp3) is 0.500. The third-order valence-electron chi connectivity index (χ3n) is 3.61. The highest BCUT2D eigenvalue weighted by Gasteiger charge is 2.22. The van der Waals surface area contributed by atoms with Gasteiger partial charge in [-0.2, -0.15) is 0 Å². The van der Waals surface area contributed by atoms with Crippen molar-refractivity contribution in [3.05, 3.63) is 35.9 Å². The highest BCUT2D eigenvalue weighted by atomic mass is 16.4. The molecule has 1 aromatic carbocycles. The number of rotatable bonds is 8. The molecule has 0 saturated carbocycles. The van der Waals surface area contributed by atoms with Gasteiger partial charge in [0.15, 0.2) is 0 Å². The van der Waals surface area contributed by atoms with E-state index in [4.69, 9.17) is 10.8 Å². The van der Waals surface area contributed by atoms with Crippen LogP contribution in [-0.2, 0) is 9.59 Å². The number of carbonyl (C=O) groups excluding carboxylic acids is 1. The quantitative estimate of drug-likeness (QED) is 0.682. The molecule has 0 saturated heterocycles. The third-order valence-corrected chi connectivity index (χ3v) is 3.61. The van der Waals surface area contributed by atoms with Crippen molar-refractivity contribution in [3.63, 3.8) is 0 Å². The first-order chi connectivity index (χ1) is 9.91. The Balaban J connectivity index is 2.42. The molecule has 1 amide bonds. The van der Waals surface area contributed by atoms with Gasteiger partial charge in [0.25, 0.3) is 0 Å². The zero-order chi connectivity index (χ0) is 15.8. The Morgan fingerprint density at radius 2 is 1.86 bits per heavy atom. The molecule has 0 aliphatic rings. The lowest BCUT2D eigenvalue weighted by Crippen LogP contribution is -2.37. The Labute approximate surface area is 125 Å². The predicted molar refractivity (Wildman–Crippen MR) is 81.6 cm³/mol. The van der Waals surface area contributed by atoms with E-state index in [1.54, 1.807) is 6.92 Å². The van der Waals surface area contributed by atoms with Crippen LogP contribution in [0.25, 0.3) is 0 Å². The van der Waals surface area contributed by atoms with Gasteiger partial charge in [0.05, 0.1) is 5.92 Å². The van der Waals surface area contributed by atoms with E-state index in [0.29, 0.717) is 13.0 Å². The van der Waals surface area contributed by atoms with E-state index >= 15 is 0 Å². The zero-order valence-corrected chi connectivity index (χ0v) is 12.6. The molecule has 5 nitrogen and oxygen atoms in total. The molecule has 0 aliphatic heterocycles. The van der Waals surface area contributed by atoms with Crippen LogP contribution < -0.4 is 11.1 Å². The molecule has 0 heterocycles. The number of carboxylic acid groups (broad SMARTS) is 1. The van der Waals surface area contributed by atoms with E-state index in [1.165, 1.54) is 0 Å². The monoisotopic (exact) mass is 292 g/mol. The van der Waals surface area contributed by atoms with Crippen LogP contribution >= 0.6 is 0 Å². The van der Waals surface area contributed by atoms with Crippen LogP contribution in [0.5, 0.6) is 0 Å². The molecule has 3 unspecified atom stereocenters. The van der Waals surface area contributed by atoms with Crippen molar-refractivity contribution in [2.24, 2.45) is 17.6 Å². The molecule has 4 N–H and O–H groups in total. The van der Waals surface area contributed by atoms with Gasteiger partial charge in [-0.25, -0.2) is 0 Å². The van der Waals surface area contributed by atoms with Crippen molar-refractivity contribution < 1.29 is 14.7 Å². The number of hydrogen-bond donors (Lipinski definition) is 3. The lowest BCUT2D eigenvalue weighted by Gasteiger charge is -2.21. The molecule has 0 aromatic heterocycles. The van der Waals surface area contributed by atoms with Gasteiger partial charge in [-0.3, -0.25) is 9.59 Å². The average Bonchev–Trinajstić information content (AvgIpc) is 2.49. The minimum absolute atomic E-state index is 0.103. The summed E-state index contributed by atoms with van der Waals surface area (Å²) in [7, 11) is 0. The van der Waals surface area contributed by atoms with Crippen LogP contribution in [0.15, 0.2) is 30.3 Å². The fourth-order valence-electron chi connectivity index (χ4n) is 2.03. The highest BCUT2D eigenvalue weighted by molar-refractivity contribution is 5.79. The van der Waals surface area contributed by atoms with Gasteiger partial charge in [0, 0.05) is 19.0 Å². The minimum Gasteiger partial charge on any atom is -0.481 e. The van der Waals surface area contributed by atoms with Crippen molar-refractivity contribution in [1.82, 2.24) is 5.32 Å². The van der Waals surface area contributed by atoms with E-state index in [9.17, 15) is 9.59 Å². The van der Waals surface area contributed by atoms with E-state index < -0.39 is 5.97 Å². The SMILES string of the molecule is CC(CCC(=O)O)CNC(=O)C(C)C(N)c1ccccc1. The first-order valence-corrected chi connectivity index (χ1v) is 7.21. The van der Waals surface area contributed by atoms with E-state index in [2.05, 4.69) is 5.32 Å². The number of aliphatic carboxylic acids is 1. The summed E-state index contributed by atoms with van der Waals surface area (Å²) in [5.74, 6) is -1.12.